The Morgan fingerprint density at radius 2 is 1.94 bits per heavy atom. The molecule has 0 saturated carbocycles. The molecule has 0 radical (unpaired) electrons. The zero-order valence-corrected chi connectivity index (χ0v) is 9.00. The first-order valence-corrected chi connectivity index (χ1v) is 5.42. The van der Waals surface area contributed by atoms with E-state index in [4.69, 9.17) is 5.11 Å². The lowest BCUT2D eigenvalue weighted by atomic mass is 9.94. The number of nitrogens with zero attached hydrogens (tertiary/aromatic N) is 2. The van der Waals surface area contributed by atoms with Gasteiger partial charge in [-0.05, 0) is 24.6 Å². The van der Waals surface area contributed by atoms with Gasteiger partial charge >= 0.3 is 5.97 Å². The molecule has 1 atom stereocenters. The Hall–Kier alpha value is -2.23. The number of fused-ring (bicyclic) bond motifs is 2. The van der Waals surface area contributed by atoms with Crippen LogP contribution >= 0.6 is 0 Å². The van der Waals surface area contributed by atoms with Crippen LogP contribution in [-0.4, -0.2) is 21.0 Å². The molecule has 0 fully saturated rings. The topological polar surface area (TPSA) is 63.1 Å². The highest BCUT2D eigenvalue weighted by Gasteiger charge is 2.26. The van der Waals surface area contributed by atoms with Crippen LogP contribution in [-0.2, 0) is 4.79 Å². The molecule has 4 heteroatoms. The van der Waals surface area contributed by atoms with Gasteiger partial charge in [-0.3, -0.25) is 4.79 Å². The lowest BCUT2D eigenvalue weighted by Crippen LogP contribution is -2.17. The van der Waals surface area contributed by atoms with Crippen molar-refractivity contribution < 1.29 is 9.90 Å². The highest BCUT2D eigenvalue weighted by Crippen LogP contribution is 2.28. The molecule has 0 aliphatic heterocycles. The zero-order valence-electron chi connectivity index (χ0n) is 9.00. The summed E-state index contributed by atoms with van der Waals surface area (Å²) in [4.78, 5) is 20.0. The highest BCUT2D eigenvalue weighted by atomic mass is 16.4. The average molecular weight is 226 g/mol. The van der Waals surface area contributed by atoms with Crippen LogP contribution in [0.3, 0.4) is 0 Å². The van der Waals surface area contributed by atoms with Crippen molar-refractivity contribution in [1.29, 1.82) is 0 Å². The quantitative estimate of drug-likeness (QED) is 0.809. The number of para-hydroxylation sites is 2. The Kier molecular flexibility index (Phi) is 2.14. The van der Waals surface area contributed by atoms with Gasteiger partial charge in [0.1, 0.15) is 5.92 Å². The summed E-state index contributed by atoms with van der Waals surface area (Å²) in [5.74, 6) is -1.42. The largest absolute Gasteiger partial charge is 0.481 e. The van der Waals surface area contributed by atoms with Crippen molar-refractivity contribution in [2.24, 2.45) is 0 Å². The van der Waals surface area contributed by atoms with Crippen LogP contribution < -0.4 is 0 Å². The molecule has 1 aromatic heterocycles. The van der Waals surface area contributed by atoms with Crippen molar-refractivity contribution in [2.45, 2.75) is 12.3 Å². The molecule has 1 aliphatic rings. The van der Waals surface area contributed by atoms with E-state index < -0.39 is 11.9 Å². The number of hydrogen-bond acceptors (Lipinski definition) is 3. The molecule has 2 aromatic rings. The van der Waals surface area contributed by atoms with Crippen LogP contribution in [0.4, 0.5) is 0 Å². The Bertz CT molecular complexity index is 634. The highest BCUT2D eigenvalue weighted by molar-refractivity contribution is 5.82. The van der Waals surface area contributed by atoms with Crippen molar-refractivity contribution in [3.05, 3.63) is 41.7 Å². The summed E-state index contributed by atoms with van der Waals surface area (Å²) in [5, 5.41) is 9.16. The Balaban J connectivity index is 2.27. The summed E-state index contributed by atoms with van der Waals surface area (Å²) < 4.78 is 0. The zero-order chi connectivity index (χ0) is 11.8. The first-order chi connectivity index (χ1) is 8.25. The van der Waals surface area contributed by atoms with Gasteiger partial charge in [0.25, 0.3) is 0 Å². The van der Waals surface area contributed by atoms with E-state index in [9.17, 15) is 4.79 Å². The van der Waals surface area contributed by atoms with Gasteiger partial charge in [-0.2, -0.15) is 0 Å². The minimum atomic E-state index is -0.847. The van der Waals surface area contributed by atoms with E-state index in [-0.39, 0.29) is 0 Å². The fourth-order valence-electron chi connectivity index (χ4n) is 2.05. The molecular formula is C13H10N2O2. The van der Waals surface area contributed by atoms with Crippen molar-refractivity contribution in [3.8, 4) is 0 Å². The number of carbonyl (C=O) groups is 1. The molecule has 1 N–H and O–H groups in total. The molecule has 0 bridgehead atoms. The first kappa shape index (κ1) is 9.96. The van der Waals surface area contributed by atoms with E-state index in [0.29, 0.717) is 17.8 Å². The Labute approximate surface area is 97.6 Å². The number of aliphatic carboxylic acids is 1. The first-order valence-electron chi connectivity index (χ1n) is 5.42. The summed E-state index contributed by atoms with van der Waals surface area (Å²) >= 11 is 0. The van der Waals surface area contributed by atoms with Crippen LogP contribution in [0.25, 0.3) is 17.1 Å². The molecule has 3 rings (SSSR count). The molecule has 0 amide bonds. The third kappa shape index (κ3) is 1.58. The van der Waals surface area contributed by atoms with Crippen LogP contribution in [0.5, 0.6) is 0 Å². The standard InChI is InChI=1S/C13H10N2O2/c16-13(17)8-4-3-7-11-12(8)15-10-6-2-1-5-9(10)14-11/h1-3,5-8H,4H2,(H,16,17). The van der Waals surface area contributed by atoms with Gasteiger partial charge in [-0.1, -0.05) is 18.2 Å². The average Bonchev–Trinajstić information content (AvgIpc) is 2.35. The summed E-state index contributed by atoms with van der Waals surface area (Å²) in [6, 6.07) is 7.49. The van der Waals surface area contributed by atoms with Gasteiger partial charge in [-0.25, -0.2) is 9.97 Å². The molecule has 0 spiro atoms. The van der Waals surface area contributed by atoms with Crippen molar-refractivity contribution in [2.75, 3.05) is 0 Å². The second kappa shape index (κ2) is 3.66. The molecule has 17 heavy (non-hydrogen) atoms. The molecule has 0 saturated heterocycles. The van der Waals surface area contributed by atoms with Gasteiger partial charge in [0.05, 0.1) is 22.4 Å². The summed E-state index contributed by atoms with van der Waals surface area (Å²) in [7, 11) is 0. The number of carboxylic acid groups (broad SMARTS) is 1. The van der Waals surface area contributed by atoms with E-state index in [1.54, 1.807) is 0 Å². The molecule has 1 aliphatic carbocycles. The minimum Gasteiger partial charge on any atom is -0.481 e. The van der Waals surface area contributed by atoms with Crippen molar-refractivity contribution in [3.63, 3.8) is 0 Å². The number of benzene rings is 1. The summed E-state index contributed by atoms with van der Waals surface area (Å²) in [6.45, 7) is 0. The van der Waals surface area contributed by atoms with Gasteiger partial charge in [0.15, 0.2) is 0 Å². The Morgan fingerprint density at radius 3 is 2.65 bits per heavy atom. The van der Waals surface area contributed by atoms with Gasteiger partial charge in [0, 0.05) is 0 Å². The predicted molar refractivity (Wildman–Crippen MR) is 63.6 cm³/mol. The van der Waals surface area contributed by atoms with E-state index in [0.717, 1.165) is 11.0 Å². The van der Waals surface area contributed by atoms with Crippen LogP contribution in [0.2, 0.25) is 0 Å². The third-order valence-electron chi connectivity index (χ3n) is 2.90. The molecule has 84 valence electrons. The number of aromatic nitrogens is 2. The number of rotatable bonds is 1. The molecular weight excluding hydrogens is 216 g/mol. The van der Waals surface area contributed by atoms with E-state index in [1.165, 1.54) is 0 Å². The van der Waals surface area contributed by atoms with Gasteiger partial charge in [-0.15, -0.1) is 0 Å². The second-order valence-corrected chi connectivity index (χ2v) is 4.01. The van der Waals surface area contributed by atoms with Crippen LogP contribution in [0, 0.1) is 0 Å². The molecule has 1 unspecified atom stereocenters. The van der Waals surface area contributed by atoms with E-state index >= 15 is 0 Å². The number of carboxylic acids is 1. The third-order valence-corrected chi connectivity index (χ3v) is 2.90. The number of hydrogen-bond donors (Lipinski definition) is 1. The maximum absolute atomic E-state index is 11.2. The summed E-state index contributed by atoms with van der Waals surface area (Å²) in [5.41, 5.74) is 2.77. The van der Waals surface area contributed by atoms with Crippen molar-refractivity contribution in [1.82, 2.24) is 9.97 Å². The maximum Gasteiger partial charge on any atom is 0.312 e. The van der Waals surface area contributed by atoms with Crippen molar-refractivity contribution >= 4 is 23.1 Å². The van der Waals surface area contributed by atoms with E-state index in [2.05, 4.69) is 9.97 Å². The predicted octanol–water partition coefficient (Wildman–Crippen LogP) is 2.21. The maximum atomic E-state index is 11.2. The SMILES string of the molecule is O=C(O)C1CC=Cc2nc3ccccc3nc21. The van der Waals surface area contributed by atoms with Gasteiger partial charge < -0.3 is 5.11 Å². The van der Waals surface area contributed by atoms with E-state index in [1.807, 2.05) is 36.4 Å². The fourth-order valence-corrected chi connectivity index (χ4v) is 2.05. The molecule has 4 nitrogen and oxygen atoms in total. The minimum absolute atomic E-state index is 0.482. The van der Waals surface area contributed by atoms with Crippen LogP contribution in [0.1, 0.15) is 23.7 Å². The fraction of sp³-hybridized carbons (Fsp3) is 0.154. The Morgan fingerprint density at radius 1 is 1.24 bits per heavy atom. The molecule has 1 heterocycles. The van der Waals surface area contributed by atoms with Gasteiger partial charge in [0.2, 0.25) is 0 Å². The van der Waals surface area contributed by atoms with Crippen LogP contribution in [0.15, 0.2) is 30.3 Å². The normalized spacial score (nSPS) is 18.0. The number of allylic oxidation sites excluding steroid dienone is 1. The second-order valence-electron chi connectivity index (χ2n) is 4.01. The lowest BCUT2D eigenvalue weighted by molar-refractivity contribution is -0.138. The monoisotopic (exact) mass is 226 g/mol. The smallest absolute Gasteiger partial charge is 0.312 e. The lowest BCUT2D eigenvalue weighted by Gasteiger charge is -2.16. The summed E-state index contributed by atoms with van der Waals surface area (Å²) in [6.07, 6.45) is 4.16. The molecule has 1 aromatic carbocycles.